The molecule has 1 atom stereocenters. The summed E-state index contributed by atoms with van der Waals surface area (Å²) in [6, 6.07) is 5.63. The van der Waals surface area contributed by atoms with Crippen molar-refractivity contribution in [1.82, 2.24) is 10.2 Å². The number of methoxy groups -OCH3 is 1. The number of hydrogen-bond donors (Lipinski definition) is 1. The maximum atomic E-state index is 12.9. The lowest BCUT2D eigenvalue weighted by Gasteiger charge is -2.31. The van der Waals surface area contributed by atoms with Crippen molar-refractivity contribution in [3.63, 3.8) is 0 Å². The van der Waals surface area contributed by atoms with Gasteiger partial charge in [0.2, 0.25) is 5.91 Å². The topological polar surface area (TPSA) is 75.7 Å². The minimum absolute atomic E-state index is 0.168. The molecule has 0 aliphatic carbocycles. The summed E-state index contributed by atoms with van der Waals surface area (Å²) >= 11 is 6.04. The molecule has 6 nitrogen and oxygen atoms in total. The molecule has 1 aromatic carbocycles. The van der Waals surface area contributed by atoms with Crippen molar-refractivity contribution in [3.05, 3.63) is 34.9 Å². The van der Waals surface area contributed by atoms with Gasteiger partial charge in [-0.2, -0.15) is 0 Å². The first-order valence-corrected chi connectivity index (χ1v) is 8.49. The Morgan fingerprint density at radius 2 is 1.76 bits per heavy atom. The number of rotatable bonds is 7. The summed E-state index contributed by atoms with van der Waals surface area (Å²) in [5.41, 5.74) is 0.298. The molecule has 2 amide bonds. The second-order valence-electron chi connectivity index (χ2n) is 6.31. The monoisotopic (exact) mass is 368 g/mol. The standard InChI is InChI=1S/C18H25ClN2O4/c1-11(2)16(18(24)21(12(3)4)10-15(22)25-5)20-17(23)13-8-6-7-9-14(13)19/h6-9,11-12,16H,10H2,1-5H3,(H,20,23)/t16-/m1/s1. The quantitative estimate of drug-likeness (QED) is 0.750. The van der Waals surface area contributed by atoms with E-state index in [-0.39, 0.29) is 24.4 Å². The van der Waals surface area contributed by atoms with Crippen molar-refractivity contribution in [3.8, 4) is 0 Å². The van der Waals surface area contributed by atoms with E-state index in [2.05, 4.69) is 10.1 Å². The first-order valence-electron chi connectivity index (χ1n) is 8.11. The molecule has 7 heteroatoms. The van der Waals surface area contributed by atoms with Crippen molar-refractivity contribution in [1.29, 1.82) is 0 Å². The lowest BCUT2D eigenvalue weighted by atomic mass is 10.0. The fourth-order valence-electron chi connectivity index (χ4n) is 2.28. The second kappa shape index (κ2) is 9.42. The van der Waals surface area contributed by atoms with Gasteiger partial charge in [-0.05, 0) is 31.9 Å². The van der Waals surface area contributed by atoms with Crippen molar-refractivity contribution in [2.24, 2.45) is 5.92 Å². The van der Waals surface area contributed by atoms with Gasteiger partial charge in [0.15, 0.2) is 0 Å². The number of amides is 2. The van der Waals surface area contributed by atoms with Gasteiger partial charge in [-0.25, -0.2) is 0 Å². The Kier molecular flexibility index (Phi) is 7.90. The van der Waals surface area contributed by atoms with E-state index in [0.717, 1.165) is 0 Å². The molecule has 0 bridgehead atoms. The lowest BCUT2D eigenvalue weighted by molar-refractivity contribution is -0.149. The maximum Gasteiger partial charge on any atom is 0.325 e. The summed E-state index contributed by atoms with van der Waals surface area (Å²) < 4.78 is 4.65. The molecule has 138 valence electrons. The maximum absolute atomic E-state index is 12.9. The largest absolute Gasteiger partial charge is 0.468 e. The van der Waals surface area contributed by atoms with Crippen molar-refractivity contribution < 1.29 is 19.1 Å². The summed E-state index contributed by atoms with van der Waals surface area (Å²) in [6.45, 7) is 7.08. The molecule has 1 rings (SSSR count). The third kappa shape index (κ3) is 5.74. The van der Waals surface area contributed by atoms with Crippen LogP contribution in [0, 0.1) is 5.92 Å². The van der Waals surface area contributed by atoms with Crippen LogP contribution in [0.15, 0.2) is 24.3 Å². The average Bonchev–Trinajstić information content (AvgIpc) is 2.56. The van der Waals surface area contributed by atoms with Gasteiger partial charge in [-0.1, -0.05) is 37.6 Å². The molecule has 0 heterocycles. The molecule has 0 aromatic heterocycles. The van der Waals surface area contributed by atoms with Crippen LogP contribution in [0.25, 0.3) is 0 Å². The summed E-state index contributed by atoms with van der Waals surface area (Å²) in [5, 5.41) is 3.04. The Hall–Kier alpha value is -2.08. The predicted octanol–water partition coefficient (Wildman–Crippen LogP) is 2.50. The molecular formula is C18H25ClN2O4. The Labute approximate surface area is 153 Å². The molecular weight excluding hydrogens is 344 g/mol. The third-order valence-corrected chi connectivity index (χ3v) is 4.10. The van der Waals surface area contributed by atoms with Gasteiger partial charge in [0.1, 0.15) is 12.6 Å². The molecule has 0 radical (unpaired) electrons. The molecule has 0 fully saturated rings. The van der Waals surface area contributed by atoms with Crippen LogP contribution in [0.5, 0.6) is 0 Å². The number of nitrogens with one attached hydrogen (secondary N) is 1. The minimum atomic E-state index is -0.782. The van der Waals surface area contributed by atoms with Crippen molar-refractivity contribution in [2.45, 2.75) is 39.8 Å². The van der Waals surface area contributed by atoms with Crippen LogP contribution in [-0.2, 0) is 14.3 Å². The highest BCUT2D eigenvalue weighted by Crippen LogP contribution is 2.16. The summed E-state index contributed by atoms with van der Waals surface area (Å²) in [6.07, 6.45) is 0. The number of carbonyl (C=O) groups is 3. The van der Waals surface area contributed by atoms with Crippen LogP contribution in [0.4, 0.5) is 0 Å². The van der Waals surface area contributed by atoms with Gasteiger partial charge in [-0.15, -0.1) is 0 Å². The number of halogens is 1. The number of hydrogen-bond acceptors (Lipinski definition) is 4. The number of esters is 1. The van der Waals surface area contributed by atoms with Crippen LogP contribution >= 0.6 is 11.6 Å². The zero-order valence-electron chi connectivity index (χ0n) is 15.2. The first kappa shape index (κ1) is 21.0. The number of ether oxygens (including phenoxy) is 1. The SMILES string of the molecule is COC(=O)CN(C(=O)[C@H](NC(=O)c1ccccc1Cl)C(C)C)C(C)C. The molecule has 0 aliphatic heterocycles. The summed E-state index contributed by atoms with van der Waals surface area (Å²) in [4.78, 5) is 38.4. The zero-order chi connectivity index (χ0) is 19.1. The van der Waals surface area contributed by atoms with E-state index in [1.165, 1.54) is 12.0 Å². The molecule has 25 heavy (non-hydrogen) atoms. The molecule has 1 aromatic rings. The van der Waals surface area contributed by atoms with Gasteiger partial charge < -0.3 is 15.0 Å². The highest BCUT2D eigenvalue weighted by molar-refractivity contribution is 6.33. The molecule has 0 saturated heterocycles. The van der Waals surface area contributed by atoms with E-state index in [0.29, 0.717) is 10.6 Å². The Morgan fingerprint density at radius 3 is 2.24 bits per heavy atom. The normalized spacial score (nSPS) is 12.0. The van der Waals surface area contributed by atoms with Crippen LogP contribution in [-0.4, -0.2) is 48.4 Å². The number of carbonyl (C=O) groups excluding carboxylic acids is 3. The van der Waals surface area contributed by atoms with Crippen LogP contribution < -0.4 is 5.32 Å². The molecule has 0 unspecified atom stereocenters. The minimum Gasteiger partial charge on any atom is -0.468 e. The highest BCUT2D eigenvalue weighted by atomic mass is 35.5. The number of nitrogens with zero attached hydrogens (tertiary/aromatic N) is 1. The molecule has 1 N–H and O–H groups in total. The van der Waals surface area contributed by atoms with E-state index < -0.39 is 17.9 Å². The van der Waals surface area contributed by atoms with Crippen LogP contribution in [0.1, 0.15) is 38.1 Å². The van der Waals surface area contributed by atoms with Gasteiger partial charge in [0, 0.05) is 6.04 Å². The first-order chi connectivity index (χ1) is 11.7. The smallest absolute Gasteiger partial charge is 0.325 e. The zero-order valence-corrected chi connectivity index (χ0v) is 16.0. The van der Waals surface area contributed by atoms with E-state index in [1.807, 2.05) is 13.8 Å². The van der Waals surface area contributed by atoms with E-state index in [4.69, 9.17) is 11.6 Å². The molecule has 0 saturated carbocycles. The van der Waals surface area contributed by atoms with Crippen LogP contribution in [0.2, 0.25) is 5.02 Å². The average molecular weight is 369 g/mol. The third-order valence-electron chi connectivity index (χ3n) is 3.77. The van der Waals surface area contributed by atoms with Gasteiger partial charge in [0.25, 0.3) is 5.91 Å². The fourth-order valence-corrected chi connectivity index (χ4v) is 2.50. The lowest BCUT2D eigenvalue weighted by Crippen LogP contribution is -2.54. The van der Waals surface area contributed by atoms with Crippen LogP contribution in [0.3, 0.4) is 0 Å². The fraction of sp³-hybridized carbons (Fsp3) is 0.500. The summed E-state index contributed by atoms with van der Waals surface area (Å²) in [5.74, 6) is -1.45. The molecule has 0 aliphatic rings. The van der Waals surface area contributed by atoms with E-state index in [1.54, 1.807) is 38.1 Å². The van der Waals surface area contributed by atoms with Gasteiger partial charge in [-0.3, -0.25) is 14.4 Å². The van der Waals surface area contributed by atoms with E-state index in [9.17, 15) is 14.4 Å². The van der Waals surface area contributed by atoms with Gasteiger partial charge in [0.05, 0.1) is 17.7 Å². The van der Waals surface area contributed by atoms with Crippen molar-refractivity contribution >= 4 is 29.4 Å². The number of benzene rings is 1. The highest BCUT2D eigenvalue weighted by Gasteiger charge is 2.31. The van der Waals surface area contributed by atoms with Gasteiger partial charge >= 0.3 is 5.97 Å². The summed E-state index contributed by atoms with van der Waals surface area (Å²) in [7, 11) is 1.27. The Balaban J connectivity index is 3.01. The second-order valence-corrected chi connectivity index (χ2v) is 6.72. The Morgan fingerprint density at radius 1 is 1.16 bits per heavy atom. The predicted molar refractivity (Wildman–Crippen MR) is 96.4 cm³/mol. The van der Waals surface area contributed by atoms with Crippen molar-refractivity contribution in [2.75, 3.05) is 13.7 Å². The van der Waals surface area contributed by atoms with E-state index >= 15 is 0 Å². The Bertz CT molecular complexity index is 631. The molecule has 0 spiro atoms.